The van der Waals surface area contributed by atoms with Gasteiger partial charge in [0.1, 0.15) is 0 Å². The van der Waals surface area contributed by atoms with Crippen molar-refractivity contribution in [2.45, 2.75) is 37.9 Å². The fourth-order valence-corrected chi connectivity index (χ4v) is 3.89. The molecule has 0 radical (unpaired) electrons. The van der Waals surface area contributed by atoms with Crippen molar-refractivity contribution < 1.29 is 19.8 Å². The summed E-state index contributed by atoms with van der Waals surface area (Å²) in [5, 5.41) is 26.0. The molecule has 2 aromatic rings. The first-order valence-corrected chi connectivity index (χ1v) is 10.6. The molecule has 2 amide bonds. The third kappa shape index (κ3) is 6.15. The minimum absolute atomic E-state index is 0.0664. The maximum Gasteiger partial charge on any atom is 0.223 e. The van der Waals surface area contributed by atoms with Gasteiger partial charge in [0.15, 0.2) is 0 Å². The van der Waals surface area contributed by atoms with E-state index in [2.05, 4.69) is 10.6 Å². The summed E-state index contributed by atoms with van der Waals surface area (Å²) in [6.07, 6.45) is 1.12. The van der Waals surface area contributed by atoms with Gasteiger partial charge in [-0.25, -0.2) is 0 Å². The summed E-state index contributed by atoms with van der Waals surface area (Å²) in [4.78, 5) is 24.9. The Kier molecular flexibility index (Phi) is 7.99. The van der Waals surface area contributed by atoms with Crippen LogP contribution in [0.4, 0.5) is 0 Å². The summed E-state index contributed by atoms with van der Waals surface area (Å²) >= 11 is 0. The van der Waals surface area contributed by atoms with Crippen LogP contribution >= 0.6 is 0 Å². The lowest BCUT2D eigenvalue weighted by atomic mass is 9.81. The van der Waals surface area contributed by atoms with Crippen LogP contribution in [0.3, 0.4) is 0 Å². The monoisotopic (exact) mass is 410 g/mol. The zero-order valence-corrected chi connectivity index (χ0v) is 17.0. The van der Waals surface area contributed by atoms with Crippen molar-refractivity contribution in [1.29, 1.82) is 0 Å². The van der Waals surface area contributed by atoms with Gasteiger partial charge in [-0.1, -0.05) is 60.7 Å². The minimum atomic E-state index is -0.728. The van der Waals surface area contributed by atoms with Crippen LogP contribution in [0.5, 0.6) is 0 Å². The number of carbonyl (C=O) groups excluding carboxylic acids is 2. The second-order valence-electron chi connectivity index (χ2n) is 7.89. The standard InChI is InChI=1S/C24H30N2O4/c27-21(17-7-3-1-4-8-17)15-25-23(29)19-11-13-20(14-12-19)24(30)26-16-22(28)18-9-5-2-6-10-18/h1-10,19-22,27-28H,11-16H2,(H,25,29)(H,26,30). The van der Waals surface area contributed by atoms with Crippen LogP contribution in [0.2, 0.25) is 0 Å². The molecule has 4 N–H and O–H groups in total. The van der Waals surface area contributed by atoms with E-state index < -0.39 is 12.2 Å². The Morgan fingerprint density at radius 2 is 1.03 bits per heavy atom. The van der Waals surface area contributed by atoms with Crippen molar-refractivity contribution in [1.82, 2.24) is 10.6 Å². The normalized spacial score (nSPS) is 20.7. The van der Waals surface area contributed by atoms with Gasteiger partial charge < -0.3 is 20.8 Å². The van der Waals surface area contributed by atoms with Crippen LogP contribution in [0.15, 0.2) is 60.7 Å². The Hall–Kier alpha value is -2.70. The molecule has 30 heavy (non-hydrogen) atoms. The van der Waals surface area contributed by atoms with Crippen molar-refractivity contribution in [3.05, 3.63) is 71.8 Å². The Labute approximate surface area is 177 Å². The van der Waals surface area contributed by atoms with Crippen molar-refractivity contribution in [3.63, 3.8) is 0 Å². The SMILES string of the molecule is O=C(NCC(O)c1ccccc1)C1CCC(C(=O)NCC(O)c2ccccc2)CC1. The Balaban J connectivity index is 1.37. The van der Waals surface area contributed by atoms with E-state index in [-0.39, 0.29) is 36.7 Å². The average molecular weight is 411 g/mol. The second-order valence-corrected chi connectivity index (χ2v) is 7.89. The molecule has 0 aromatic heterocycles. The number of aliphatic hydroxyl groups excluding tert-OH is 2. The molecule has 160 valence electrons. The van der Waals surface area contributed by atoms with Gasteiger partial charge in [0.2, 0.25) is 11.8 Å². The van der Waals surface area contributed by atoms with Gasteiger partial charge in [-0.2, -0.15) is 0 Å². The van der Waals surface area contributed by atoms with Crippen molar-refractivity contribution in [3.8, 4) is 0 Å². The fraction of sp³-hybridized carbons (Fsp3) is 0.417. The smallest absolute Gasteiger partial charge is 0.223 e. The molecule has 2 unspecified atom stereocenters. The minimum Gasteiger partial charge on any atom is -0.387 e. The van der Waals surface area contributed by atoms with Crippen LogP contribution in [0, 0.1) is 11.8 Å². The van der Waals surface area contributed by atoms with E-state index >= 15 is 0 Å². The molecule has 0 bridgehead atoms. The van der Waals surface area contributed by atoms with Gasteiger partial charge in [-0.05, 0) is 36.8 Å². The second kappa shape index (κ2) is 10.9. The number of hydrogen-bond acceptors (Lipinski definition) is 4. The summed E-state index contributed by atoms with van der Waals surface area (Å²) in [5.74, 6) is -0.398. The van der Waals surface area contributed by atoms with Gasteiger partial charge in [-0.15, -0.1) is 0 Å². The quantitative estimate of drug-likeness (QED) is 0.537. The topological polar surface area (TPSA) is 98.7 Å². The van der Waals surface area contributed by atoms with E-state index in [1.165, 1.54) is 0 Å². The third-order valence-electron chi connectivity index (χ3n) is 5.78. The maximum atomic E-state index is 12.4. The molecule has 0 heterocycles. The number of aliphatic hydroxyl groups is 2. The number of amides is 2. The van der Waals surface area contributed by atoms with Crippen LogP contribution in [-0.2, 0) is 9.59 Å². The summed E-state index contributed by atoms with van der Waals surface area (Å²) in [5.41, 5.74) is 1.55. The number of rotatable bonds is 8. The van der Waals surface area contributed by atoms with Crippen LogP contribution < -0.4 is 10.6 Å². The molecule has 1 fully saturated rings. The average Bonchev–Trinajstić information content (AvgIpc) is 2.81. The molecule has 2 aromatic carbocycles. The molecule has 0 aliphatic heterocycles. The lowest BCUT2D eigenvalue weighted by Gasteiger charge is -2.27. The first-order valence-electron chi connectivity index (χ1n) is 10.6. The van der Waals surface area contributed by atoms with Gasteiger partial charge in [0.05, 0.1) is 12.2 Å². The number of carbonyl (C=O) groups is 2. The van der Waals surface area contributed by atoms with Crippen LogP contribution in [-0.4, -0.2) is 35.1 Å². The first-order chi connectivity index (χ1) is 14.5. The Morgan fingerprint density at radius 3 is 1.37 bits per heavy atom. The molecule has 2 atom stereocenters. The predicted molar refractivity (Wildman–Crippen MR) is 114 cm³/mol. The highest BCUT2D eigenvalue weighted by Crippen LogP contribution is 2.29. The largest absolute Gasteiger partial charge is 0.387 e. The van der Waals surface area contributed by atoms with E-state index in [1.54, 1.807) is 0 Å². The zero-order chi connectivity index (χ0) is 21.3. The lowest BCUT2D eigenvalue weighted by molar-refractivity contribution is -0.131. The van der Waals surface area contributed by atoms with E-state index in [4.69, 9.17) is 0 Å². The molecule has 0 saturated heterocycles. The molecule has 1 saturated carbocycles. The molecular formula is C24H30N2O4. The van der Waals surface area contributed by atoms with Gasteiger partial charge >= 0.3 is 0 Å². The fourth-order valence-electron chi connectivity index (χ4n) is 3.89. The van der Waals surface area contributed by atoms with Gasteiger partial charge in [0.25, 0.3) is 0 Å². The summed E-state index contributed by atoms with van der Waals surface area (Å²) < 4.78 is 0. The highest BCUT2D eigenvalue weighted by molar-refractivity contribution is 5.81. The summed E-state index contributed by atoms with van der Waals surface area (Å²) in [6.45, 7) is 0.362. The van der Waals surface area contributed by atoms with E-state index in [0.717, 1.165) is 11.1 Å². The van der Waals surface area contributed by atoms with Crippen LogP contribution in [0.1, 0.15) is 49.0 Å². The molecule has 1 aliphatic carbocycles. The Bertz CT molecular complexity index is 735. The van der Waals surface area contributed by atoms with E-state index in [9.17, 15) is 19.8 Å². The van der Waals surface area contributed by atoms with Crippen molar-refractivity contribution in [2.24, 2.45) is 11.8 Å². The van der Waals surface area contributed by atoms with Gasteiger partial charge in [-0.3, -0.25) is 9.59 Å². The number of nitrogens with one attached hydrogen (secondary N) is 2. The van der Waals surface area contributed by atoms with E-state index in [0.29, 0.717) is 25.7 Å². The molecule has 6 nitrogen and oxygen atoms in total. The third-order valence-corrected chi connectivity index (χ3v) is 5.78. The van der Waals surface area contributed by atoms with Crippen LogP contribution in [0.25, 0.3) is 0 Å². The summed E-state index contributed by atoms with van der Waals surface area (Å²) in [6, 6.07) is 18.5. The molecule has 6 heteroatoms. The highest BCUT2D eigenvalue weighted by atomic mass is 16.3. The summed E-state index contributed by atoms with van der Waals surface area (Å²) in [7, 11) is 0. The predicted octanol–water partition coefficient (Wildman–Crippen LogP) is 2.49. The highest BCUT2D eigenvalue weighted by Gasteiger charge is 2.30. The lowest BCUT2D eigenvalue weighted by Crippen LogP contribution is -2.39. The van der Waals surface area contributed by atoms with Crippen molar-refractivity contribution in [2.75, 3.05) is 13.1 Å². The first kappa shape index (κ1) is 22.0. The van der Waals surface area contributed by atoms with Gasteiger partial charge in [0, 0.05) is 24.9 Å². The molecule has 3 rings (SSSR count). The van der Waals surface area contributed by atoms with E-state index in [1.807, 2.05) is 60.7 Å². The van der Waals surface area contributed by atoms with Crippen molar-refractivity contribution >= 4 is 11.8 Å². The maximum absolute atomic E-state index is 12.4. The molecule has 1 aliphatic rings. The Morgan fingerprint density at radius 1 is 0.700 bits per heavy atom. The zero-order valence-electron chi connectivity index (χ0n) is 17.0. The number of hydrogen-bond donors (Lipinski definition) is 4. The number of benzene rings is 2. The molecular weight excluding hydrogens is 380 g/mol. The molecule has 0 spiro atoms.